The molecule has 0 spiro atoms. The van der Waals surface area contributed by atoms with Crippen molar-refractivity contribution in [3.05, 3.63) is 58.6 Å². The fourth-order valence-electron chi connectivity index (χ4n) is 6.95. The molecule has 0 bridgehead atoms. The van der Waals surface area contributed by atoms with Gasteiger partial charge in [-0.3, -0.25) is 4.79 Å². The van der Waals surface area contributed by atoms with E-state index < -0.39 is 33.4 Å². The van der Waals surface area contributed by atoms with Gasteiger partial charge in [-0.05, 0) is 73.2 Å². The monoisotopic (exact) mass is 672 g/mol. The third kappa shape index (κ3) is 6.17. The minimum absolute atomic E-state index is 0.0131. The van der Waals surface area contributed by atoms with Crippen LogP contribution in [0.25, 0.3) is 0 Å². The van der Waals surface area contributed by atoms with Crippen LogP contribution >= 0.6 is 0 Å². The molecule has 1 unspecified atom stereocenters. The van der Waals surface area contributed by atoms with Crippen molar-refractivity contribution in [2.24, 2.45) is 0 Å². The number of Topliss-reactive ketones (excluding diaryl/α,β-unsaturated/α-hetero) is 1. The van der Waals surface area contributed by atoms with Crippen molar-refractivity contribution in [3.63, 3.8) is 0 Å². The van der Waals surface area contributed by atoms with Crippen molar-refractivity contribution in [3.8, 4) is 11.5 Å². The number of allylic oxidation sites excluding steroid dienone is 2. The van der Waals surface area contributed by atoms with Crippen molar-refractivity contribution < 1.29 is 33.0 Å². The molecule has 3 rings (SSSR count). The average Bonchev–Trinajstić information content (AvgIpc) is 3.21. The van der Waals surface area contributed by atoms with E-state index in [0.29, 0.717) is 34.5 Å². The maximum absolute atomic E-state index is 13.3. The van der Waals surface area contributed by atoms with Gasteiger partial charge in [-0.2, -0.15) is 0 Å². The summed E-state index contributed by atoms with van der Waals surface area (Å²) in [5.41, 5.74) is 0.691. The number of hydrogen-bond donors (Lipinski definition) is 1. The predicted molar refractivity (Wildman–Crippen MR) is 192 cm³/mol. The van der Waals surface area contributed by atoms with Gasteiger partial charge in [-0.15, -0.1) is 0 Å². The zero-order valence-corrected chi connectivity index (χ0v) is 33.3. The van der Waals surface area contributed by atoms with Crippen molar-refractivity contribution in [2.45, 2.75) is 135 Å². The van der Waals surface area contributed by atoms with Gasteiger partial charge in [0, 0.05) is 11.1 Å². The van der Waals surface area contributed by atoms with Crippen molar-refractivity contribution >= 4 is 22.4 Å². The van der Waals surface area contributed by atoms with Crippen LogP contribution < -0.4 is 9.16 Å². The number of aliphatic hydroxyl groups is 1. The Kier molecular flexibility index (Phi) is 11.0. The molecule has 46 heavy (non-hydrogen) atoms. The first-order valence-corrected chi connectivity index (χ1v) is 21.7. The highest BCUT2D eigenvalue weighted by atomic mass is 28.4. The van der Waals surface area contributed by atoms with Crippen LogP contribution in [-0.2, 0) is 29.7 Å². The third-order valence-electron chi connectivity index (χ3n) is 10.9. The van der Waals surface area contributed by atoms with Crippen LogP contribution in [0.2, 0.25) is 34.8 Å². The normalized spacial score (nSPS) is 24.2. The minimum Gasteiger partial charge on any atom is -0.542 e. The minimum atomic E-state index is -2.39. The second kappa shape index (κ2) is 13.3. The van der Waals surface area contributed by atoms with Crippen LogP contribution in [0.3, 0.4) is 0 Å². The fraction of sp³-hybridized carbons (Fsp3) is 0.649. The quantitative estimate of drug-likeness (QED) is 0.165. The molecule has 3 atom stereocenters. The van der Waals surface area contributed by atoms with E-state index in [1.807, 2.05) is 13.0 Å². The SMILES string of the molecule is COC1=C(OC)C(O)(c2ccc(O[Si](C(C)C)(C(C)C)C(C)C)c3c2O[C@H](C)[C@]3(C)/C=C/C=C(\C)CO[Si](C)(C)C(C)(C)C)C1=O. The van der Waals surface area contributed by atoms with Gasteiger partial charge in [-0.25, -0.2) is 0 Å². The number of carbonyl (C=O) groups is 1. The van der Waals surface area contributed by atoms with Crippen LogP contribution in [0.15, 0.2) is 47.5 Å². The largest absolute Gasteiger partial charge is 0.542 e. The Morgan fingerprint density at radius 3 is 2.09 bits per heavy atom. The third-order valence-corrected chi connectivity index (χ3v) is 21.4. The summed E-state index contributed by atoms with van der Waals surface area (Å²) in [7, 11) is -1.44. The Hall–Kier alpha value is -2.34. The van der Waals surface area contributed by atoms with Crippen molar-refractivity contribution in [1.82, 2.24) is 0 Å². The van der Waals surface area contributed by atoms with E-state index >= 15 is 0 Å². The number of benzene rings is 1. The highest BCUT2D eigenvalue weighted by Crippen LogP contribution is 2.57. The summed E-state index contributed by atoms with van der Waals surface area (Å²) in [4.78, 5) is 13.3. The molecule has 1 aliphatic carbocycles. The molecule has 1 aromatic carbocycles. The molecule has 9 heteroatoms. The molecule has 2 aliphatic rings. The number of carbonyl (C=O) groups excluding carboxylic acids is 1. The lowest BCUT2D eigenvalue weighted by Crippen LogP contribution is -2.51. The summed E-state index contributed by atoms with van der Waals surface area (Å²) in [5, 5.41) is 12.0. The maximum Gasteiger partial charge on any atom is 0.258 e. The second-order valence-corrected chi connectivity index (χ2v) is 26.0. The van der Waals surface area contributed by atoms with E-state index in [1.54, 1.807) is 6.07 Å². The van der Waals surface area contributed by atoms with Crippen LogP contribution in [0.4, 0.5) is 0 Å². The smallest absolute Gasteiger partial charge is 0.258 e. The summed E-state index contributed by atoms with van der Waals surface area (Å²) in [6, 6.07) is 3.66. The zero-order valence-electron chi connectivity index (χ0n) is 31.3. The molecule has 1 aliphatic heterocycles. The Morgan fingerprint density at radius 1 is 1.04 bits per heavy atom. The molecule has 258 valence electrons. The summed E-state index contributed by atoms with van der Waals surface area (Å²) in [6.45, 7) is 31.6. The summed E-state index contributed by atoms with van der Waals surface area (Å²) in [6.07, 6.45) is 6.01. The molecular formula is C37H60O7Si2. The van der Waals surface area contributed by atoms with Gasteiger partial charge >= 0.3 is 0 Å². The number of hydrogen-bond acceptors (Lipinski definition) is 7. The number of rotatable bonds is 13. The van der Waals surface area contributed by atoms with Crippen molar-refractivity contribution in [1.29, 1.82) is 0 Å². The first-order valence-electron chi connectivity index (χ1n) is 16.7. The summed E-state index contributed by atoms with van der Waals surface area (Å²) < 4.78 is 31.2. The Balaban J connectivity index is 2.21. The van der Waals surface area contributed by atoms with E-state index in [9.17, 15) is 9.90 Å². The number of fused-ring (bicyclic) bond motifs is 1. The van der Waals surface area contributed by atoms with E-state index in [-0.39, 0.29) is 22.7 Å². The molecule has 7 nitrogen and oxygen atoms in total. The Labute approximate surface area is 280 Å². The standard InChI is InChI=1S/C37H60O7Si2/c1-23(2)46(24(3)4,25(5)6)44-29-20-19-28(37(39)33(38)32(40-13)34(37)41-14)31-30(29)36(12,27(8)43-31)21-17-18-26(7)22-42-45(15,16)35(9,10)11/h17-21,23-25,27,39H,22H2,1-16H3/b21-17+,26-18+/t27-,36+,37?/m1/s1. The van der Waals surface area contributed by atoms with E-state index in [1.165, 1.54) is 14.2 Å². The summed E-state index contributed by atoms with van der Waals surface area (Å²) in [5.74, 6) is 0.730. The Morgan fingerprint density at radius 2 is 1.61 bits per heavy atom. The topological polar surface area (TPSA) is 83.5 Å². The lowest BCUT2D eigenvalue weighted by molar-refractivity contribution is -0.147. The van der Waals surface area contributed by atoms with Gasteiger partial charge < -0.3 is 28.2 Å². The molecule has 0 amide bonds. The lowest BCUT2D eigenvalue weighted by Gasteiger charge is -2.43. The summed E-state index contributed by atoms with van der Waals surface area (Å²) >= 11 is 0. The molecule has 0 saturated heterocycles. The highest BCUT2D eigenvalue weighted by molar-refractivity contribution is 6.78. The number of methoxy groups -OCH3 is 2. The van der Waals surface area contributed by atoms with E-state index in [2.05, 4.69) is 107 Å². The first kappa shape index (κ1) is 38.1. The fourth-order valence-corrected chi connectivity index (χ4v) is 13.2. The first-order chi connectivity index (χ1) is 21.1. The van der Waals surface area contributed by atoms with Gasteiger partial charge in [0.05, 0.1) is 26.2 Å². The van der Waals surface area contributed by atoms with Gasteiger partial charge in [0.2, 0.25) is 17.1 Å². The van der Waals surface area contributed by atoms with Crippen molar-refractivity contribution in [2.75, 3.05) is 20.8 Å². The molecule has 0 aromatic heterocycles. The molecular weight excluding hydrogens is 613 g/mol. The predicted octanol–water partition coefficient (Wildman–Crippen LogP) is 9.08. The van der Waals surface area contributed by atoms with Gasteiger partial charge in [0.1, 0.15) is 17.6 Å². The number of ketones is 1. The molecule has 1 heterocycles. The van der Waals surface area contributed by atoms with Crippen LogP contribution in [0.1, 0.15) is 94.2 Å². The van der Waals surface area contributed by atoms with E-state index in [4.69, 9.17) is 23.1 Å². The highest BCUT2D eigenvalue weighted by Gasteiger charge is 2.61. The second-order valence-electron chi connectivity index (χ2n) is 15.8. The number of ether oxygens (including phenoxy) is 3. The van der Waals surface area contributed by atoms with Crippen LogP contribution in [0.5, 0.6) is 11.5 Å². The maximum atomic E-state index is 13.3. The van der Waals surface area contributed by atoms with Crippen LogP contribution in [-0.4, -0.2) is 54.5 Å². The average molecular weight is 673 g/mol. The van der Waals surface area contributed by atoms with Gasteiger partial charge in [0.15, 0.2) is 14.1 Å². The zero-order chi connectivity index (χ0) is 35.2. The van der Waals surface area contributed by atoms with Crippen LogP contribution in [0, 0.1) is 0 Å². The van der Waals surface area contributed by atoms with Gasteiger partial charge in [-0.1, -0.05) is 80.5 Å². The van der Waals surface area contributed by atoms with E-state index in [0.717, 1.165) is 16.9 Å². The Bertz CT molecular complexity index is 1380. The molecule has 0 fully saturated rings. The molecule has 0 saturated carbocycles. The van der Waals surface area contributed by atoms with Gasteiger partial charge in [0.25, 0.3) is 8.32 Å². The molecule has 1 N–H and O–H groups in total. The lowest BCUT2D eigenvalue weighted by atomic mass is 9.73. The molecule has 1 aromatic rings. The molecule has 0 radical (unpaired) electrons.